The Kier molecular flexibility index (Phi) is 3.66. The van der Waals surface area contributed by atoms with E-state index in [9.17, 15) is 9.90 Å². The van der Waals surface area contributed by atoms with Crippen LogP contribution in [0.5, 0.6) is 0 Å². The van der Waals surface area contributed by atoms with Crippen LogP contribution in [0.4, 0.5) is 5.82 Å². The lowest BCUT2D eigenvalue weighted by atomic mass is 9.96. The van der Waals surface area contributed by atoms with Crippen molar-refractivity contribution in [1.29, 1.82) is 0 Å². The Morgan fingerprint density at radius 3 is 2.64 bits per heavy atom. The van der Waals surface area contributed by atoms with Crippen LogP contribution in [0.1, 0.15) is 19.4 Å². The molecule has 112 valence electrons. The smallest absolute Gasteiger partial charge is 0.257 e. The predicted octanol–water partition coefficient (Wildman–Crippen LogP) is 3.87. The van der Waals surface area contributed by atoms with E-state index in [-0.39, 0.29) is 11.7 Å². The van der Waals surface area contributed by atoms with Crippen molar-refractivity contribution < 1.29 is 9.90 Å². The average Bonchev–Trinajstić information content (AvgIpc) is 2.47. The van der Waals surface area contributed by atoms with Crippen LogP contribution in [-0.4, -0.2) is 20.7 Å². The maximum atomic E-state index is 12.6. The van der Waals surface area contributed by atoms with Gasteiger partial charge in [0.25, 0.3) is 5.91 Å². The van der Waals surface area contributed by atoms with Crippen molar-refractivity contribution in [3.8, 4) is 0 Å². The van der Waals surface area contributed by atoms with Crippen molar-refractivity contribution in [2.75, 3.05) is 5.32 Å². The molecule has 3 rings (SSSR count). The summed E-state index contributed by atoms with van der Waals surface area (Å²) in [5, 5.41) is 13.3. The third-order valence-corrected chi connectivity index (χ3v) is 4.77. The second kappa shape index (κ2) is 5.50. The standard InChI is InChI=1S/C17H16N2O2S/c1-17(2)14(16(21)19-13-9-5-6-10-18-13)15(20)11-7-3-4-8-12(11)22-17/h3-10,20H,1-2H3,(H,18,19,21). The van der Waals surface area contributed by atoms with Crippen molar-refractivity contribution in [3.05, 3.63) is 59.8 Å². The summed E-state index contributed by atoms with van der Waals surface area (Å²) in [6.45, 7) is 3.86. The van der Waals surface area contributed by atoms with Gasteiger partial charge in [0, 0.05) is 21.4 Å². The molecule has 0 spiro atoms. The summed E-state index contributed by atoms with van der Waals surface area (Å²) in [6, 6.07) is 12.8. The van der Waals surface area contributed by atoms with E-state index in [1.165, 1.54) is 0 Å². The van der Waals surface area contributed by atoms with Gasteiger partial charge < -0.3 is 10.4 Å². The zero-order chi connectivity index (χ0) is 15.7. The number of nitrogens with one attached hydrogen (secondary N) is 1. The van der Waals surface area contributed by atoms with Gasteiger partial charge in [-0.15, -0.1) is 11.8 Å². The second-order valence-corrected chi connectivity index (χ2v) is 7.17. The number of aliphatic hydroxyl groups is 1. The zero-order valence-electron chi connectivity index (χ0n) is 12.3. The molecule has 1 aromatic carbocycles. The van der Waals surface area contributed by atoms with Gasteiger partial charge in [-0.2, -0.15) is 0 Å². The molecular formula is C17H16N2O2S. The number of nitrogens with zero attached hydrogens (tertiary/aromatic N) is 1. The topological polar surface area (TPSA) is 62.2 Å². The molecule has 5 heteroatoms. The van der Waals surface area contributed by atoms with Crippen molar-refractivity contribution in [2.45, 2.75) is 23.5 Å². The third-order valence-electron chi connectivity index (χ3n) is 3.48. The lowest BCUT2D eigenvalue weighted by Gasteiger charge is -2.32. The molecule has 1 amide bonds. The first-order valence-corrected chi connectivity index (χ1v) is 7.75. The van der Waals surface area contributed by atoms with Gasteiger partial charge in [0.2, 0.25) is 0 Å². The number of rotatable bonds is 2. The average molecular weight is 312 g/mol. The minimum Gasteiger partial charge on any atom is -0.507 e. The number of carbonyl (C=O) groups excluding carboxylic acids is 1. The Morgan fingerprint density at radius 2 is 1.91 bits per heavy atom. The molecule has 0 unspecified atom stereocenters. The molecule has 0 radical (unpaired) electrons. The van der Waals surface area contributed by atoms with Gasteiger partial charge >= 0.3 is 0 Å². The number of benzene rings is 1. The van der Waals surface area contributed by atoms with Crippen molar-refractivity contribution in [3.63, 3.8) is 0 Å². The molecule has 0 atom stereocenters. The van der Waals surface area contributed by atoms with Gasteiger partial charge in [0.1, 0.15) is 11.6 Å². The molecular weight excluding hydrogens is 296 g/mol. The quantitative estimate of drug-likeness (QED) is 0.883. The lowest BCUT2D eigenvalue weighted by Crippen LogP contribution is -2.32. The van der Waals surface area contributed by atoms with E-state index in [4.69, 9.17) is 0 Å². The lowest BCUT2D eigenvalue weighted by molar-refractivity contribution is -0.113. The summed E-state index contributed by atoms with van der Waals surface area (Å²) >= 11 is 1.57. The first-order chi connectivity index (χ1) is 10.5. The highest BCUT2D eigenvalue weighted by atomic mass is 32.2. The highest BCUT2D eigenvalue weighted by Gasteiger charge is 2.38. The van der Waals surface area contributed by atoms with Crippen molar-refractivity contribution >= 4 is 29.2 Å². The Labute approximate surface area is 133 Å². The van der Waals surface area contributed by atoms with E-state index in [0.29, 0.717) is 17.0 Å². The van der Waals surface area contributed by atoms with E-state index in [1.54, 1.807) is 36.2 Å². The van der Waals surface area contributed by atoms with Gasteiger partial charge in [-0.25, -0.2) is 4.98 Å². The molecule has 4 nitrogen and oxygen atoms in total. The largest absolute Gasteiger partial charge is 0.507 e. The van der Waals surface area contributed by atoms with Gasteiger partial charge in [-0.05, 0) is 32.0 Å². The van der Waals surface area contributed by atoms with Gasteiger partial charge in [-0.1, -0.05) is 24.3 Å². The molecule has 1 aliphatic rings. The molecule has 22 heavy (non-hydrogen) atoms. The van der Waals surface area contributed by atoms with Crippen LogP contribution < -0.4 is 5.32 Å². The van der Waals surface area contributed by atoms with Crippen LogP contribution >= 0.6 is 11.8 Å². The summed E-state index contributed by atoms with van der Waals surface area (Å²) < 4.78 is -0.530. The summed E-state index contributed by atoms with van der Waals surface area (Å²) in [7, 11) is 0. The summed E-state index contributed by atoms with van der Waals surface area (Å²) in [5.41, 5.74) is 1.06. The van der Waals surface area contributed by atoms with Crippen LogP contribution in [0.3, 0.4) is 0 Å². The maximum absolute atomic E-state index is 12.6. The highest BCUT2D eigenvalue weighted by molar-refractivity contribution is 8.01. The molecule has 2 aromatic rings. The molecule has 0 saturated carbocycles. The number of aromatic nitrogens is 1. The van der Waals surface area contributed by atoms with Crippen molar-refractivity contribution in [1.82, 2.24) is 4.98 Å². The molecule has 0 bridgehead atoms. The normalized spacial score (nSPS) is 16.1. The molecule has 1 aromatic heterocycles. The number of thioether (sulfide) groups is 1. The molecule has 2 N–H and O–H groups in total. The third kappa shape index (κ3) is 2.60. The molecule has 0 fully saturated rings. The van der Waals surface area contributed by atoms with Crippen LogP contribution in [0.25, 0.3) is 5.76 Å². The number of fused-ring (bicyclic) bond motifs is 1. The predicted molar refractivity (Wildman–Crippen MR) is 88.8 cm³/mol. The molecule has 0 saturated heterocycles. The van der Waals surface area contributed by atoms with E-state index < -0.39 is 4.75 Å². The highest BCUT2D eigenvalue weighted by Crippen LogP contribution is 2.47. The van der Waals surface area contributed by atoms with Crippen LogP contribution in [0, 0.1) is 0 Å². The summed E-state index contributed by atoms with van der Waals surface area (Å²) in [5.74, 6) is 0.170. The van der Waals surface area contributed by atoms with Gasteiger partial charge in [0.15, 0.2) is 0 Å². The monoisotopic (exact) mass is 312 g/mol. The maximum Gasteiger partial charge on any atom is 0.257 e. The number of carbonyl (C=O) groups is 1. The first kappa shape index (κ1) is 14.7. The van der Waals surface area contributed by atoms with Gasteiger partial charge in [-0.3, -0.25) is 4.79 Å². The minimum atomic E-state index is -0.530. The zero-order valence-corrected chi connectivity index (χ0v) is 13.1. The van der Waals surface area contributed by atoms with Crippen LogP contribution in [0.15, 0.2) is 59.1 Å². The number of pyridine rings is 1. The van der Waals surface area contributed by atoms with Crippen LogP contribution in [-0.2, 0) is 4.79 Å². The Hall–Kier alpha value is -2.27. The summed E-state index contributed by atoms with van der Waals surface area (Å²) in [6.07, 6.45) is 1.61. The minimum absolute atomic E-state index is 0.0350. The van der Waals surface area contributed by atoms with Gasteiger partial charge in [0.05, 0.1) is 5.57 Å². The van der Waals surface area contributed by atoms with E-state index in [2.05, 4.69) is 10.3 Å². The number of amides is 1. The first-order valence-electron chi connectivity index (χ1n) is 6.93. The number of aliphatic hydroxyl groups excluding tert-OH is 1. The Balaban J connectivity index is 2.02. The fourth-order valence-corrected chi connectivity index (χ4v) is 3.76. The SMILES string of the molecule is CC1(C)Sc2ccccc2C(O)=C1C(=O)Nc1ccccn1. The summed E-state index contributed by atoms with van der Waals surface area (Å²) in [4.78, 5) is 17.7. The number of hydrogen-bond donors (Lipinski definition) is 2. The van der Waals surface area contributed by atoms with E-state index in [0.717, 1.165) is 4.90 Å². The fourth-order valence-electron chi connectivity index (χ4n) is 2.49. The van der Waals surface area contributed by atoms with Crippen molar-refractivity contribution in [2.24, 2.45) is 0 Å². The van der Waals surface area contributed by atoms with E-state index in [1.807, 2.05) is 38.1 Å². The number of anilines is 1. The molecule has 1 aliphatic heterocycles. The second-order valence-electron chi connectivity index (χ2n) is 5.50. The van der Waals surface area contributed by atoms with Crippen LogP contribution in [0.2, 0.25) is 0 Å². The Morgan fingerprint density at radius 1 is 1.18 bits per heavy atom. The molecule has 2 heterocycles. The molecule has 0 aliphatic carbocycles. The van der Waals surface area contributed by atoms with E-state index >= 15 is 0 Å². The Bertz CT molecular complexity index is 754. The fraction of sp³-hybridized carbons (Fsp3) is 0.176. The number of hydrogen-bond acceptors (Lipinski definition) is 4.